The second kappa shape index (κ2) is 6.70. The number of amides is 1. The number of carbonyl (C=O) groups excluding carboxylic acids is 1. The Morgan fingerprint density at radius 2 is 2.14 bits per heavy atom. The number of carboxylic acid groups (broad SMARTS) is 1. The van der Waals surface area contributed by atoms with Crippen molar-refractivity contribution in [2.24, 2.45) is 0 Å². The molecule has 0 spiro atoms. The van der Waals surface area contributed by atoms with Crippen molar-refractivity contribution >= 4 is 11.9 Å². The first-order chi connectivity index (χ1) is 10.0. The Morgan fingerprint density at radius 1 is 1.38 bits per heavy atom. The maximum atomic E-state index is 13.5. The average molecular weight is 293 g/mol. The SMILES string of the molecule is CCc1ccc(F)cc1C(=O)N1CCCCC1CC(=O)O. The molecule has 0 radical (unpaired) electrons. The van der Waals surface area contributed by atoms with Gasteiger partial charge in [0.1, 0.15) is 5.82 Å². The van der Waals surface area contributed by atoms with Gasteiger partial charge in [-0.3, -0.25) is 9.59 Å². The average Bonchev–Trinajstić information content (AvgIpc) is 2.46. The van der Waals surface area contributed by atoms with Crippen LogP contribution >= 0.6 is 0 Å². The Hall–Kier alpha value is -1.91. The molecule has 2 rings (SSSR count). The van der Waals surface area contributed by atoms with Gasteiger partial charge in [-0.15, -0.1) is 0 Å². The number of aryl methyl sites for hydroxylation is 1. The van der Waals surface area contributed by atoms with Crippen LogP contribution < -0.4 is 0 Å². The summed E-state index contributed by atoms with van der Waals surface area (Å²) in [5.41, 5.74) is 1.15. The Balaban J connectivity index is 2.28. The van der Waals surface area contributed by atoms with Gasteiger partial charge in [-0.05, 0) is 43.4 Å². The number of carboxylic acids is 1. The lowest BCUT2D eigenvalue weighted by Gasteiger charge is -2.35. The summed E-state index contributed by atoms with van der Waals surface area (Å²) >= 11 is 0. The highest BCUT2D eigenvalue weighted by molar-refractivity contribution is 5.96. The molecule has 1 amide bonds. The van der Waals surface area contributed by atoms with Crippen molar-refractivity contribution in [3.63, 3.8) is 0 Å². The smallest absolute Gasteiger partial charge is 0.305 e. The lowest BCUT2D eigenvalue weighted by atomic mass is 9.96. The lowest BCUT2D eigenvalue weighted by Crippen LogP contribution is -2.45. The van der Waals surface area contributed by atoms with Crippen LogP contribution in [0.5, 0.6) is 0 Å². The van der Waals surface area contributed by atoms with Gasteiger partial charge >= 0.3 is 5.97 Å². The van der Waals surface area contributed by atoms with Gasteiger partial charge in [0.25, 0.3) is 5.91 Å². The third-order valence-corrected chi connectivity index (χ3v) is 3.98. The van der Waals surface area contributed by atoms with E-state index in [9.17, 15) is 14.0 Å². The van der Waals surface area contributed by atoms with E-state index in [-0.39, 0.29) is 18.4 Å². The van der Waals surface area contributed by atoms with Gasteiger partial charge in [0.05, 0.1) is 6.42 Å². The summed E-state index contributed by atoms with van der Waals surface area (Å²) in [5, 5.41) is 8.98. The zero-order chi connectivity index (χ0) is 15.4. The van der Waals surface area contributed by atoms with Crippen molar-refractivity contribution in [1.82, 2.24) is 4.90 Å². The summed E-state index contributed by atoms with van der Waals surface area (Å²) in [4.78, 5) is 25.2. The predicted octanol–water partition coefficient (Wildman–Crippen LogP) is 2.86. The van der Waals surface area contributed by atoms with E-state index < -0.39 is 11.8 Å². The molecule has 1 saturated heterocycles. The first kappa shape index (κ1) is 15.5. The summed E-state index contributed by atoms with van der Waals surface area (Å²) in [6, 6.07) is 3.93. The van der Waals surface area contributed by atoms with Crippen molar-refractivity contribution in [3.05, 3.63) is 35.1 Å². The Bertz CT molecular complexity index is 544. The number of hydrogen-bond acceptors (Lipinski definition) is 2. The maximum Gasteiger partial charge on any atom is 0.305 e. The molecule has 1 aromatic rings. The first-order valence-corrected chi connectivity index (χ1v) is 7.34. The van der Waals surface area contributed by atoms with E-state index in [1.165, 1.54) is 12.1 Å². The summed E-state index contributed by atoms with van der Waals surface area (Å²) in [6.07, 6.45) is 3.06. The van der Waals surface area contributed by atoms with Crippen LogP contribution in [0, 0.1) is 5.82 Å². The van der Waals surface area contributed by atoms with Crippen molar-refractivity contribution in [2.75, 3.05) is 6.54 Å². The third-order valence-electron chi connectivity index (χ3n) is 3.98. The molecule has 1 aromatic carbocycles. The number of hydrogen-bond donors (Lipinski definition) is 1. The van der Waals surface area contributed by atoms with E-state index in [0.29, 0.717) is 24.9 Å². The van der Waals surface area contributed by atoms with E-state index in [1.54, 1.807) is 11.0 Å². The van der Waals surface area contributed by atoms with Crippen LogP contribution in [0.1, 0.15) is 48.5 Å². The molecule has 1 N–H and O–H groups in total. The van der Waals surface area contributed by atoms with Crippen molar-refractivity contribution in [2.45, 2.75) is 45.1 Å². The summed E-state index contributed by atoms with van der Waals surface area (Å²) in [5.74, 6) is -1.60. The molecule has 1 unspecified atom stereocenters. The van der Waals surface area contributed by atoms with Crippen molar-refractivity contribution in [3.8, 4) is 0 Å². The van der Waals surface area contributed by atoms with E-state index in [2.05, 4.69) is 0 Å². The number of nitrogens with zero attached hydrogens (tertiary/aromatic N) is 1. The number of rotatable bonds is 4. The van der Waals surface area contributed by atoms with E-state index in [1.807, 2.05) is 6.92 Å². The number of aliphatic carboxylic acids is 1. The Morgan fingerprint density at radius 3 is 2.81 bits per heavy atom. The van der Waals surface area contributed by atoms with Crippen LogP contribution in [0.2, 0.25) is 0 Å². The standard InChI is InChI=1S/C16H20FNO3/c1-2-11-6-7-12(17)9-14(11)16(21)18-8-4-3-5-13(18)10-15(19)20/h6-7,9,13H,2-5,8,10H2,1H3,(H,19,20). The van der Waals surface area contributed by atoms with Crippen LogP contribution in [0.4, 0.5) is 4.39 Å². The van der Waals surface area contributed by atoms with Crippen LogP contribution in [-0.4, -0.2) is 34.5 Å². The maximum absolute atomic E-state index is 13.5. The van der Waals surface area contributed by atoms with E-state index in [0.717, 1.165) is 18.4 Å². The van der Waals surface area contributed by atoms with Gasteiger partial charge in [0.2, 0.25) is 0 Å². The molecular weight excluding hydrogens is 273 g/mol. The number of piperidine rings is 1. The molecular formula is C16H20FNO3. The molecule has 1 fully saturated rings. The molecule has 1 atom stereocenters. The highest BCUT2D eigenvalue weighted by atomic mass is 19.1. The summed E-state index contributed by atoms with van der Waals surface area (Å²) < 4.78 is 13.5. The second-order valence-electron chi connectivity index (χ2n) is 5.40. The number of halogens is 1. The zero-order valence-corrected chi connectivity index (χ0v) is 12.1. The van der Waals surface area contributed by atoms with Gasteiger partial charge < -0.3 is 10.0 Å². The molecule has 0 aromatic heterocycles. The number of benzene rings is 1. The van der Waals surface area contributed by atoms with Gasteiger partial charge in [-0.25, -0.2) is 4.39 Å². The molecule has 21 heavy (non-hydrogen) atoms. The second-order valence-corrected chi connectivity index (χ2v) is 5.40. The van der Waals surface area contributed by atoms with Gasteiger partial charge in [0, 0.05) is 18.2 Å². The first-order valence-electron chi connectivity index (χ1n) is 7.34. The highest BCUT2D eigenvalue weighted by Gasteiger charge is 2.30. The zero-order valence-electron chi connectivity index (χ0n) is 12.1. The Kier molecular flexibility index (Phi) is 4.94. The molecule has 1 aliphatic rings. The molecule has 0 saturated carbocycles. The van der Waals surface area contributed by atoms with Crippen LogP contribution in [0.15, 0.2) is 18.2 Å². The van der Waals surface area contributed by atoms with Crippen molar-refractivity contribution < 1.29 is 19.1 Å². The molecule has 1 heterocycles. The molecule has 1 aliphatic heterocycles. The van der Waals surface area contributed by atoms with Crippen LogP contribution in [-0.2, 0) is 11.2 Å². The molecule has 5 heteroatoms. The van der Waals surface area contributed by atoms with E-state index >= 15 is 0 Å². The monoisotopic (exact) mass is 293 g/mol. The summed E-state index contributed by atoms with van der Waals surface area (Å²) in [7, 11) is 0. The highest BCUT2D eigenvalue weighted by Crippen LogP contribution is 2.24. The lowest BCUT2D eigenvalue weighted by molar-refractivity contribution is -0.138. The predicted molar refractivity (Wildman–Crippen MR) is 76.7 cm³/mol. The molecule has 114 valence electrons. The van der Waals surface area contributed by atoms with E-state index in [4.69, 9.17) is 5.11 Å². The fraction of sp³-hybridized carbons (Fsp3) is 0.500. The minimum absolute atomic E-state index is 0.0531. The summed E-state index contributed by atoms with van der Waals surface area (Å²) in [6.45, 7) is 2.45. The minimum Gasteiger partial charge on any atom is -0.481 e. The quantitative estimate of drug-likeness (QED) is 0.928. The third kappa shape index (κ3) is 3.60. The van der Waals surface area contributed by atoms with Crippen LogP contribution in [0.25, 0.3) is 0 Å². The number of likely N-dealkylation sites (tertiary alicyclic amines) is 1. The largest absolute Gasteiger partial charge is 0.481 e. The normalized spacial score (nSPS) is 18.6. The van der Waals surface area contributed by atoms with Gasteiger partial charge in [0.15, 0.2) is 0 Å². The van der Waals surface area contributed by atoms with Gasteiger partial charge in [-0.1, -0.05) is 13.0 Å². The van der Waals surface area contributed by atoms with Crippen LogP contribution in [0.3, 0.4) is 0 Å². The molecule has 0 bridgehead atoms. The molecule has 4 nitrogen and oxygen atoms in total. The fourth-order valence-electron chi connectivity index (χ4n) is 2.89. The number of carbonyl (C=O) groups is 2. The van der Waals surface area contributed by atoms with Crippen molar-refractivity contribution in [1.29, 1.82) is 0 Å². The minimum atomic E-state index is -0.908. The molecule has 0 aliphatic carbocycles. The van der Waals surface area contributed by atoms with Gasteiger partial charge in [-0.2, -0.15) is 0 Å². The topological polar surface area (TPSA) is 57.6 Å². The Labute approximate surface area is 123 Å². The fourth-order valence-corrected chi connectivity index (χ4v) is 2.89.